The summed E-state index contributed by atoms with van der Waals surface area (Å²) >= 11 is 0. The van der Waals surface area contributed by atoms with Gasteiger partial charge in [-0.1, -0.05) is 20.4 Å². The summed E-state index contributed by atoms with van der Waals surface area (Å²) in [5.41, 5.74) is 2.09. The van der Waals surface area contributed by atoms with Crippen molar-refractivity contribution in [3.8, 4) is 6.07 Å². The van der Waals surface area contributed by atoms with Gasteiger partial charge in [-0.05, 0) is 12.0 Å². The van der Waals surface area contributed by atoms with Gasteiger partial charge < -0.3 is 4.57 Å². The highest BCUT2D eigenvalue weighted by molar-refractivity contribution is 5.60. The minimum absolute atomic E-state index is 0.0656. The second-order valence-corrected chi connectivity index (χ2v) is 4.43. The topological polar surface area (TPSA) is 63.1 Å². The zero-order chi connectivity index (χ0) is 13.4. The van der Waals surface area contributed by atoms with Crippen molar-refractivity contribution in [2.45, 2.75) is 19.8 Å². The Morgan fingerprint density at radius 3 is 2.72 bits per heavy atom. The summed E-state index contributed by atoms with van der Waals surface area (Å²) in [4.78, 5) is 12.4. The van der Waals surface area contributed by atoms with E-state index >= 15 is 0 Å². The Morgan fingerprint density at radius 2 is 2.22 bits per heavy atom. The molecule has 0 fully saturated rings. The number of fused-ring (bicyclic) bond motifs is 1. The van der Waals surface area contributed by atoms with E-state index in [0.717, 1.165) is 5.69 Å². The van der Waals surface area contributed by atoms with Crippen LogP contribution in [0.3, 0.4) is 0 Å². The molecule has 0 aliphatic rings. The van der Waals surface area contributed by atoms with E-state index < -0.39 is 0 Å². The van der Waals surface area contributed by atoms with Gasteiger partial charge in [0.15, 0.2) is 5.65 Å². The van der Waals surface area contributed by atoms with Gasteiger partial charge in [0.25, 0.3) is 5.56 Å². The SMILES string of the molecule is C=Cc1c(C(C)C)c(=O)n2ncc(C#N)c2n1C. The molecule has 2 rings (SSSR count). The fraction of sp³-hybridized carbons (Fsp3) is 0.308. The summed E-state index contributed by atoms with van der Waals surface area (Å²) in [6.45, 7) is 7.65. The quantitative estimate of drug-likeness (QED) is 0.804. The van der Waals surface area contributed by atoms with Crippen molar-refractivity contribution in [1.29, 1.82) is 5.26 Å². The van der Waals surface area contributed by atoms with Gasteiger partial charge in [-0.15, -0.1) is 0 Å². The molecule has 0 N–H and O–H groups in total. The van der Waals surface area contributed by atoms with Crippen LogP contribution in [0.2, 0.25) is 0 Å². The van der Waals surface area contributed by atoms with Crippen molar-refractivity contribution in [2.24, 2.45) is 7.05 Å². The Labute approximate surface area is 105 Å². The van der Waals surface area contributed by atoms with Crippen LogP contribution in [-0.2, 0) is 7.05 Å². The highest BCUT2D eigenvalue weighted by Gasteiger charge is 2.18. The summed E-state index contributed by atoms with van der Waals surface area (Å²) < 4.78 is 3.07. The maximum absolute atomic E-state index is 12.4. The van der Waals surface area contributed by atoms with E-state index in [1.54, 1.807) is 17.7 Å². The highest BCUT2D eigenvalue weighted by atomic mass is 16.1. The zero-order valence-electron chi connectivity index (χ0n) is 10.6. The molecule has 0 saturated carbocycles. The van der Waals surface area contributed by atoms with Crippen LogP contribution in [0.1, 0.15) is 36.6 Å². The van der Waals surface area contributed by atoms with E-state index in [-0.39, 0.29) is 11.5 Å². The van der Waals surface area contributed by atoms with Gasteiger partial charge in [-0.2, -0.15) is 14.9 Å². The van der Waals surface area contributed by atoms with Gasteiger partial charge in [0, 0.05) is 12.6 Å². The predicted molar refractivity (Wildman–Crippen MR) is 69.3 cm³/mol. The minimum atomic E-state index is -0.186. The molecule has 0 radical (unpaired) electrons. The van der Waals surface area contributed by atoms with E-state index in [0.29, 0.717) is 16.8 Å². The third-order valence-electron chi connectivity index (χ3n) is 3.01. The molecule has 2 heterocycles. The molecule has 2 aromatic heterocycles. The number of aryl methyl sites for hydroxylation is 1. The van der Waals surface area contributed by atoms with Crippen LogP contribution < -0.4 is 5.56 Å². The molecule has 0 atom stereocenters. The fourth-order valence-corrected chi connectivity index (χ4v) is 2.20. The summed E-state index contributed by atoms with van der Waals surface area (Å²) in [6, 6.07) is 2.04. The third-order valence-corrected chi connectivity index (χ3v) is 3.01. The molecule has 0 aromatic carbocycles. The van der Waals surface area contributed by atoms with Crippen molar-refractivity contribution in [3.63, 3.8) is 0 Å². The fourth-order valence-electron chi connectivity index (χ4n) is 2.20. The molecule has 0 spiro atoms. The van der Waals surface area contributed by atoms with E-state index in [4.69, 9.17) is 5.26 Å². The lowest BCUT2D eigenvalue weighted by molar-refractivity contribution is 0.744. The molecule has 0 amide bonds. The molecule has 0 saturated heterocycles. The van der Waals surface area contributed by atoms with Crippen LogP contribution in [0.25, 0.3) is 11.7 Å². The lowest BCUT2D eigenvalue weighted by Gasteiger charge is -2.15. The summed E-state index contributed by atoms with van der Waals surface area (Å²) in [6.07, 6.45) is 3.05. The van der Waals surface area contributed by atoms with E-state index in [2.05, 4.69) is 11.7 Å². The van der Waals surface area contributed by atoms with E-state index in [1.165, 1.54) is 10.7 Å². The number of nitriles is 1. The Kier molecular flexibility index (Phi) is 2.79. The van der Waals surface area contributed by atoms with Crippen LogP contribution in [0.15, 0.2) is 17.6 Å². The summed E-state index contributed by atoms with van der Waals surface area (Å²) in [7, 11) is 1.81. The maximum atomic E-state index is 12.4. The van der Waals surface area contributed by atoms with E-state index in [9.17, 15) is 4.79 Å². The largest absolute Gasteiger partial charge is 0.328 e. The van der Waals surface area contributed by atoms with Crippen LogP contribution >= 0.6 is 0 Å². The second-order valence-electron chi connectivity index (χ2n) is 4.43. The lowest BCUT2D eigenvalue weighted by Crippen LogP contribution is -2.25. The van der Waals surface area contributed by atoms with Crippen LogP contribution in [0.4, 0.5) is 0 Å². The summed E-state index contributed by atoms with van der Waals surface area (Å²) in [5.74, 6) is 0.0656. The van der Waals surface area contributed by atoms with Crippen LogP contribution in [0, 0.1) is 11.3 Å². The number of nitrogens with zero attached hydrogens (tertiary/aromatic N) is 4. The van der Waals surface area contributed by atoms with Crippen LogP contribution in [0.5, 0.6) is 0 Å². The highest BCUT2D eigenvalue weighted by Crippen LogP contribution is 2.19. The molecule has 92 valence electrons. The number of aromatic nitrogens is 3. The average molecular weight is 242 g/mol. The minimum Gasteiger partial charge on any atom is -0.328 e. The molecule has 5 heteroatoms. The van der Waals surface area contributed by atoms with Crippen molar-refractivity contribution < 1.29 is 0 Å². The number of hydrogen-bond donors (Lipinski definition) is 0. The molecule has 0 aliphatic heterocycles. The first-order valence-corrected chi connectivity index (χ1v) is 5.66. The predicted octanol–water partition coefficient (Wildman–Crippen LogP) is 1.67. The van der Waals surface area contributed by atoms with Crippen molar-refractivity contribution >= 4 is 11.7 Å². The van der Waals surface area contributed by atoms with Crippen molar-refractivity contribution in [3.05, 3.63) is 40.0 Å². The molecule has 0 unspecified atom stereocenters. The Morgan fingerprint density at radius 1 is 1.56 bits per heavy atom. The Balaban J connectivity index is 3.08. The van der Waals surface area contributed by atoms with Gasteiger partial charge in [0.1, 0.15) is 11.6 Å². The van der Waals surface area contributed by atoms with Gasteiger partial charge in [-0.3, -0.25) is 4.79 Å². The lowest BCUT2D eigenvalue weighted by atomic mass is 10.0. The van der Waals surface area contributed by atoms with Crippen molar-refractivity contribution in [1.82, 2.24) is 14.2 Å². The Hall–Kier alpha value is -2.35. The third kappa shape index (κ3) is 1.46. The van der Waals surface area contributed by atoms with Crippen LogP contribution in [-0.4, -0.2) is 14.2 Å². The molecule has 0 aliphatic carbocycles. The number of hydrogen-bond acceptors (Lipinski definition) is 3. The zero-order valence-corrected chi connectivity index (χ0v) is 10.6. The monoisotopic (exact) mass is 242 g/mol. The molecular formula is C13H14N4O. The van der Waals surface area contributed by atoms with E-state index in [1.807, 2.05) is 19.9 Å². The van der Waals surface area contributed by atoms with Gasteiger partial charge in [0.2, 0.25) is 0 Å². The molecule has 2 aromatic rings. The van der Waals surface area contributed by atoms with Gasteiger partial charge in [-0.25, -0.2) is 0 Å². The van der Waals surface area contributed by atoms with Gasteiger partial charge in [0.05, 0.1) is 11.9 Å². The normalized spacial score (nSPS) is 10.8. The number of rotatable bonds is 2. The first-order valence-electron chi connectivity index (χ1n) is 5.66. The standard InChI is InChI=1S/C13H14N4O/c1-5-10-11(8(2)3)13(18)17-12(16(10)4)9(6-14)7-15-17/h5,7-8H,1H2,2-4H3. The maximum Gasteiger partial charge on any atom is 0.278 e. The Bertz CT molecular complexity index is 728. The first kappa shape index (κ1) is 12.1. The van der Waals surface area contributed by atoms with Gasteiger partial charge >= 0.3 is 0 Å². The molecule has 18 heavy (non-hydrogen) atoms. The molecule has 5 nitrogen and oxygen atoms in total. The first-order chi connectivity index (χ1) is 8.52. The average Bonchev–Trinajstić information content (AvgIpc) is 2.76. The molecular weight excluding hydrogens is 228 g/mol. The summed E-state index contributed by atoms with van der Waals surface area (Å²) in [5, 5.41) is 13.0. The second kappa shape index (κ2) is 4.15. The smallest absolute Gasteiger partial charge is 0.278 e. The van der Waals surface area contributed by atoms with Crippen molar-refractivity contribution in [2.75, 3.05) is 0 Å². The molecule has 0 bridgehead atoms.